The molecule has 0 aromatic carbocycles. The first kappa shape index (κ1) is 14.1. The fourth-order valence-corrected chi connectivity index (χ4v) is 1.79. The summed E-state index contributed by atoms with van der Waals surface area (Å²) in [6.07, 6.45) is 0.951. The number of hydrogen-bond donors (Lipinski definition) is 1. The van der Waals surface area contributed by atoms with E-state index in [0.29, 0.717) is 19.0 Å². The molecule has 17 heavy (non-hydrogen) atoms. The van der Waals surface area contributed by atoms with Gasteiger partial charge in [-0.1, -0.05) is 25.9 Å². The molecule has 0 fully saturated rings. The highest BCUT2D eigenvalue weighted by Gasteiger charge is 2.24. The molecule has 1 atom stereocenters. The second kappa shape index (κ2) is 5.60. The molecular weight excluding hydrogens is 216 g/mol. The second-order valence-corrected chi connectivity index (χ2v) is 5.98. The number of rotatable bonds is 5. The zero-order chi connectivity index (χ0) is 13.1. The summed E-state index contributed by atoms with van der Waals surface area (Å²) in [4.78, 5) is 6.42. The van der Waals surface area contributed by atoms with E-state index < -0.39 is 0 Å². The Morgan fingerprint density at radius 3 is 2.47 bits per heavy atom. The Labute approximate surface area is 103 Å². The van der Waals surface area contributed by atoms with Crippen LogP contribution in [-0.2, 0) is 6.54 Å². The summed E-state index contributed by atoms with van der Waals surface area (Å²) in [5, 5.41) is 3.97. The van der Waals surface area contributed by atoms with Crippen LogP contribution in [0, 0.1) is 5.41 Å². The van der Waals surface area contributed by atoms with Gasteiger partial charge in [0.2, 0.25) is 5.89 Å². The lowest BCUT2D eigenvalue weighted by atomic mass is 9.84. The average molecular weight is 240 g/mol. The van der Waals surface area contributed by atoms with Crippen molar-refractivity contribution >= 4 is 0 Å². The molecule has 1 rings (SSSR count). The number of nitrogens with two attached hydrogens (primary N) is 1. The molecule has 1 aromatic heterocycles. The number of aromatic nitrogens is 2. The fourth-order valence-electron chi connectivity index (χ4n) is 1.79. The van der Waals surface area contributed by atoms with E-state index in [4.69, 9.17) is 10.3 Å². The molecule has 0 aliphatic carbocycles. The molecule has 0 spiro atoms. The van der Waals surface area contributed by atoms with Gasteiger partial charge < -0.3 is 15.2 Å². The molecule has 0 bridgehead atoms. The van der Waals surface area contributed by atoms with Crippen LogP contribution >= 0.6 is 0 Å². The van der Waals surface area contributed by atoms with Gasteiger partial charge in [0.05, 0.1) is 12.5 Å². The molecule has 5 heteroatoms. The van der Waals surface area contributed by atoms with Gasteiger partial charge in [-0.3, -0.25) is 0 Å². The van der Waals surface area contributed by atoms with Crippen molar-refractivity contribution < 1.29 is 4.52 Å². The van der Waals surface area contributed by atoms with Crippen molar-refractivity contribution in [1.29, 1.82) is 0 Å². The van der Waals surface area contributed by atoms with Gasteiger partial charge in [-0.2, -0.15) is 4.98 Å². The standard InChI is InChI=1S/C12H24N4O/c1-12(2,3)6-9(7-13)11-14-10(15-17-11)8-16(4)5/h9H,6-8,13H2,1-5H3. The highest BCUT2D eigenvalue weighted by molar-refractivity contribution is 4.96. The molecule has 0 saturated carbocycles. The summed E-state index contributed by atoms with van der Waals surface area (Å²) >= 11 is 0. The minimum Gasteiger partial charge on any atom is -0.339 e. The van der Waals surface area contributed by atoms with Gasteiger partial charge in [0.1, 0.15) is 0 Å². The third-order valence-corrected chi connectivity index (χ3v) is 2.43. The quantitative estimate of drug-likeness (QED) is 0.847. The van der Waals surface area contributed by atoms with Crippen LogP contribution in [0.1, 0.15) is 44.8 Å². The minimum atomic E-state index is 0.151. The Morgan fingerprint density at radius 1 is 1.35 bits per heavy atom. The van der Waals surface area contributed by atoms with Crippen LogP contribution in [0.5, 0.6) is 0 Å². The van der Waals surface area contributed by atoms with Gasteiger partial charge in [-0.25, -0.2) is 0 Å². The van der Waals surface area contributed by atoms with E-state index in [2.05, 4.69) is 30.9 Å². The maximum Gasteiger partial charge on any atom is 0.231 e. The second-order valence-electron chi connectivity index (χ2n) is 5.98. The lowest BCUT2D eigenvalue weighted by Gasteiger charge is -2.22. The highest BCUT2D eigenvalue weighted by Crippen LogP contribution is 2.29. The molecule has 0 aliphatic rings. The number of nitrogens with zero attached hydrogens (tertiary/aromatic N) is 3. The largest absolute Gasteiger partial charge is 0.339 e. The van der Waals surface area contributed by atoms with Crippen molar-refractivity contribution in [3.8, 4) is 0 Å². The third kappa shape index (κ3) is 4.83. The van der Waals surface area contributed by atoms with Crippen molar-refractivity contribution in [2.45, 2.75) is 39.7 Å². The third-order valence-electron chi connectivity index (χ3n) is 2.43. The first-order chi connectivity index (χ1) is 7.81. The molecule has 0 aliphatic heterocycles. The average Bonchev–Trinajstić information content (AvgIpc) is 2.60. The summed E-state index contributed by atoms with van der Waals surface area (Å²) < 4.78 is 5.30. The summed E-state index contributed by atoms with van der Waals surface area (Å²) in [5.74, 6) is 1.54. The molecule has 5 nitrogen and oxygen atoms in total. The van der Waals surface area contributed by atoms with Gasteiger partial charge in [-0.15, -0.1) is 0 Å². The SMILES string of the molecule is CN(C)Cc1noc(C(CN)CC(C)(C)C)n1. The Bertz CT molecular complexity index is 341. The first-order valence-corrected chi connectivity index (χ1v) is 5.99. The maximum absolute atomic E-state index is 5.78. The van der Waals surface area contributed by atoms with E-state index in [1.165, 1.54) is 0 Å². The van der Waals surface area contributed by atoms with Crippen molar-refractivity contribution in [1.82, 2.24) is 15.0 Å². The van der Waals surface area contributed by atoms with Crippen LogP contribution in [0.2, 0.25) is 0 Å². The van der Waals surface area contributed by atoms with Gasteiger partial charge in [0.25, 0.3) is 0 Å². The van der Waals surface area contributed by atoms with Crippen LogP contribution in [0.4, 0.5) is 0 Å². The van der Waals surface area contributed by atoms with E-state index in [-0.39, 0.29) is 11.3 Å². The van der Waals surface area contributed by atoms with Crippen molar-refractivity contribution in [3.05, 3.63) is 11.7 Å². The molecule has 1 aromatic rings. The van der Waals surface area contributed by atoms with E-state index in [1.807, 2.05) is 19.0 Å². The maximum atomic E-state index is 5.78. The highest BCUT2D eigenvalue weighted by atomic mass is 16.5. The monoisotopic (exact) mass is 240 g/mol. The van der Waals surface area contributed by atoms with Gasteiger partial charge in [-0.05, 0) is 25.9 Å². The lowest BCUT2D eigenvalue weighted by Crippen LogP contribution is -2.20. The molecular formula is C12H24N4O. The van der Waals surface area contributed by atoms with Crippen LogP contribution in [0.25, 0.3) is 0 Å². The van der Waals surface area contributed by atoms with E-state index in [9.17, 15) is 0 Å². The predicted molar refractivity (Wildman–Crippen MR) is 67.6 cm³/mol. The topological polar surface area (TPSA) is 68.2 Å². The van der Waals surface area contributed by atoms with Crippen LogP contribution in [0.3, 0.4) is 0 Å². The van der Waals surface area contributed by atoms with Crippen molar-refractivity contribution in [3.63, 3.8) is 0 Å². The van der Waals surface area contributed by atoms with E-state index in [0.717, 1.165) is 12.2 Å². The Kier molecular flexibility index (Phi) is 4.65. The summed E-state index contributed by atoms with van der Waals surface area (Å²) in [6, 6.07) is 0. The predicted octanol–water partition coefficient (Wildman–Crippen LogP) is 1.61. The van der Waals surface area contributed by atoms with Gasteiger partial charge in [0.15, 0.2) is 5.82 Å². The molecule has 0 saturated heterocycles. The molecule has 98 valence electrons. The van der Waals surface area contributed by atoms with E-state index >= 15 is 0 Å². The molecule has 1 unspecified atom stereocenters. The summed E-state index contributed by atoms with van der Waals surface area (Å²) in [6.45, 7) is 7.80. The zero-order valence-corrected chi connectivity index (χ0v) is 11.5. The normalized spacial score (nSPS) is 14.3. The van der Waals surface area contributed by atoms with Crippen LogP contribution in [0.15, 0.2) is 4.52 Å². The Morgan fingerprint density at radius 2 is 2.00 bits per heavy atom. The molecule has 0 amide bonds. The molecule has 1 heterocycles. The molecule has 0 radical (unpaired) electrons. The zero-order valence-electron chi connectivity index (χ0n) is 11.5. The Balaban J connectivity index is 2.72. The fraction of sp³-hybridized carbons (Fsp3) is 0.833. The Hall–Kier alpha value is -0.940. The molecule has 2 N–H and O–H groups in total. The van der Waals surface area contributed by atoms with Gasteiger partial charge >= 0.3 is 0 Å². The van der Waals surface area contributed by atoms with Crippen LogP contribution in [-0.4, -0.2) is 35.7 Å². The van der Waals surface area contributed by atoms with Crippen molar-refractivity contribution in [2.75, 3.05) is 20.6 Å². The summed E-state index contributed by atoms with van der Waals surface area (Å²) in [7, 11) is 3.96. The van der Waals surface area contributed by atoms with E-state index in [1.54, 1.807) is 0 Å². The first-order valence-electron chi connectivity index (χ1n) is 5.99. The summed E-state index contributed by atoms with van der Waals surface area (Å²) in [5.41, 5.74) is 5.99. The van der Waals surface area contributed by atoms with Gasteiger partial charge in [0, 0.05) is 6.54 Å². The smallest absolute Gasteiger partial charge is 0.231 e. The van der Waals surface area contributed by atoms with Crippen molar-refractivity contribution in [2.24, 2.45) is 11.1 Å². The number of hydrogen-bond acceptors (Lipinski definition) is 5. The van der Waals surface area contributed by atoms with Crippen LogP contribution < -0.4 is 5.73 Å². The lowest BCUT2D eigenvalue weighted by molar-refractivity contribution is 0.284. The minimum absolute atomic E-state index is 0.151.